The lowest BCUT2D eigenvalue weighted by Gasteiger charge is -2.07. The zero-order chi connectivity index (χ0) is 15.8. The highest BCUT2D eigenvalue weighted by atomic mass is 19.4. The minimum absolute atomic E-state index is 0.0443. The Morgan fingerprint density at radius 2 is 1.71 bits per heavy atom. The second-order valence-electron chi connectivity index (χ2n) is 4.22. The summed E-state index contributed by atoms with van der Waals surface area (Å²) in [5, 5.41) is 0. The standard InChI is InChI=1S/C13H9F6NO/c1-2-9-10(13(17,18)19)21-11(20-9)7-4-3-5-8(6-7)12(14,15)16/h3-6H,2H2,1H3. The first-order chi connectivity index (χ1) is 9.63. The SMILES string of the molecule is CCc1nc(-c2cccc(C(F)(F)F)c2)oc1C(F)(F)F. The van der Waals surface area contributed by atoms with Gasteiger partial charge in [-0.2, -0.15) is 26.3 Å². The second kappa shape index (κ2) is 5.09. The molecule has 2 aromatic rings. The number of rotatable bonds is 2. The first kappa shape index (κ1) is 15.4. The average Bonchev–Trinajstić information content (AvgIpc) is 2.82. The van der Waals surface area contributed by atoms with Crippen molar-refractivity contribution in [3.63, 3.8) is 0 Å². The molecule has 1 aromatic heterocycles. The normalized spacial score (nSPS) is 12.7. The van der Waals surface area contributed by atoms with Gasteiger partial charge in [0.2, 0.25) is 11.7 Å². The zero-order valence-corrected chi connectivity index (χ0v) is 10.6. The number of aromatic nitrogens is 1. The molecule has 1 aromatic carbocycles. The summed E-state index contributed by atoms with van der Waals surface area (Å²) in [6.07, 6.45) is -9.38. The van der Waals surface area contributed by atoms with Crippen LogP contribution in [0.15, 0.2) is 28.7 Å². The van der Waals surface area contributed by atoms with Crippen molar-refractivity contribution in [2.45, 2.75) is 25.7 Å². The topological polar surface area (TPSA) is 26.0 Å². The molecular formula is C13H9F6NO. The summed E-state index contributed by atoms with van der Waals surface area (Å²) >= 11 is 0. The lowest BCUT2D eigenvalue weighted by molar-refractivity contribution is -0.153. The fourth-order valence-electron chi connectivity index (χ4n) is 1.76. The van der Waals surface area contributed by atoms with E-state index in [4.69, 9.17) is 0 Å². The molecule has 114 valence electrons. The maximum Gasteiger partial charge on any atom is 0.451 e. The predicted octanol–water partition coefficient (Wildman–Crippen LogP) is 4.94. The molecule has 0 unspecified atom stereocenters. The summed E-state index contributed by atoms with van der Waals surface area (Å²) in [5.74, 6) is -1.76. The van der Waals surface area contributed by atoms with E-state index in [0.29, 0.717) is 6.07 Å². The van der Waals surface area contributed by atoms with Crippen molar-refractivity contribution in [1.82, 2.24) is 4.98 Å². The van der Waals surface area contributed by atoms with Crippen LogP contribution in [-0.2, 0) is 18.8 Å². The summed E-state index contributed by atoms with van der Waals surface area (Å²) < 4.78 is 80.6. The molecule has 0 saturated heterocycles. The molecule has 2 rings (SSSR count). The Kier molecular flexibility index (Phi) is 3.73. The molecule has 0 radical (unpaired) electrons. The highest BCUT2D eigenvalue weighted by Crippen LogP contribution is 2.37. The van der Waals surface area contributed by atoms with Crippen molar-refractivity contribution >= 4 is 0 Å². The van der Waals surface area contributed by atoms with Crippen LogP contribution in [0.4, 0.5) is 26.3 Å². The van der Waals surface area contributed by atoms with E-state index >= 15 is 0 Å². The maximum absolute atomic E-state index is 12.7. The van der Waals surface area contributed by atoms with Crippen LogP contribution >= 0.6 is 0 Å². The molecule has 21 heavy (non-hydrogen) atoms. The van der Waals surface area contributed by atoms with E-state index in [-0.39, 0.29) is 17.7 Å². The first-order valence-corrected chi connectivity index (χ1v) is 5.87. The van der Waals surface area contributed by atoms with Crippen LogP contribution in [0.25, 0.3) is 11.5 Å². The van der Waals surface area contributed by atoms with E-state index in [1.165, 1.54) is 13.0 Å². The Hall–Kier alpha value is -1.99. The van der Waals surface area contributed by atoms with E-state index < -0.39 is 29.6 Å². The monoisotopic (exact) mass is 309 g/mol. The fourth-order valence-corrected chi connectivity index (χ4v) is 1.76. The lowest BCUT2D eigenvalue weighted by atomic mass is 10.1. The minimum atomic E-state index is -4.74. The Bertz CT molecular complexity index is 641. The van der Waals surface area contributed by atoms with Gasteiger partial charge in [-0.25, -0.2) is 4.98 Å². The van der Waals surface area contributed by atoms with Crippen LogP contribution in [0.3, 0.4) is 0 Å². The van der Waals surface area contributed by atoms with Crippen molar-refractivity contribution in [1.29, 1.82) is 0 Å². The third-order valence-electron chi connectivity index (χ3n) is 2.73. The number of benzene rings is 1. The molecule has 0 atom stereocenters. The summed E-state index contributed by atoms with van der Waals surface area (Å²) in [6, 6.07) is 3.81. The van der Waals surface area contributed by atoms with Crippen LogP contribution in [0, 0.1) is 0 Å². The number of halogens is 6. The molecule has 8 heteroatoms. The van der Waals surface area contributed by atoms with E-state index in [9.17, 15) is 26.3 Å². The summed E-state index contributed by atoms with van der Waals surface area (Å²) in [7, 11) is 0. The van der Waals surface area contributed by atoms with Crippen molar-refractivity contribution in [3.05, 3.63) is 41.3 Å². The lowest BCUT2D eigenvalue weighted by Crippen LogP contribution is -2.06. The number of alkyl halides is 6. The van der Waals surface area contributed by atoms with Gasteiger partial charge in [0.25, 0.3) is 0 Å². The van der Waals surface area contributed by atoms with Crippen molar-refractivity contribution in [2.24, 2.45) is 0 Å². The molecule has 0 aliphatic rings. The second-order valence-corrected chi connectivity index (χ2v) is 4.22. The third-order valence-corrected chi connectivity index (χ3v) is 2.73. The van der Waals surface area contributed by atoms with Crippen LogP contribution in [0.2, 0.25) is 0 Å². The van der Waals surface area contributed by atoms with Crippen LogP contribution in [-0.4, -0.2) is 4.98 Å². The van der Waals surface area contributed by atoms with E-state index in [1.54, 1.807) is 0 Å². The molecule has 0 aliphatic heterocycles. The molecule has 1 heterocycles. The molecule has 0 fully saturated rings. The predicted molar refractivity (Wildman–Crippen MR) is 61.3 cm³/mol. The summed E-state index contributed by atoms with van der Waals surface area (Å²) in [4.78, 5) is 3.63. The largest absolute Gasteiger partial charge is 0.451 e. The summed E-state index contributed by atoms with van der Waals surface area (Å²) in [5.41, 5.74) is -1.48. The average molecular weight is 309 g/mol. The highest BCUT2D eigenvalue weighted by Gasteiger charge is 2.39. The van der Waals surface area contributed by atoms with Crippen molar-refractivity contribution in [3.8, 4) is 11.5 Å². The van der Waals surface area contributed by atoms with Gasteiger partial charge in [0, 0.05) is 5.56 Å². The molecular weight excluding hydrogens is 300 g/mol. The van der Waals surface area contributed by atoms with Crippen LogP contribution in [0.5, 0.6) is 0 Å². The van der Waals surface area contributed by atoms with Gasteiger partial charge in [0.05, 0.1) is 11.3 Å². The Labute approximate surface area is 115 Å². The van der Waals surface area contributed by atoms with Crippen LogP contribution in [0.1, 0.15) is 23.9 Å². The van der Waals surface area contributed by atoms with Gasteiger partial charge in [0.1, 0.15) is 0 Å². The van der Waals surface area contributed by atoms with E-state index in [1.807, 2.05) is 0 Å². The molecule has 0 N–H and O–H groups in total. The number of aryl methyl sites for hydroxylation is 1. The van der Waals surface area contributed by atoms with Gasteiger partial charge in [-0.3, -0.25) is 0 Å². The fraction of sp³-hybridized carbons (Fsp3) is 0.308. The highest BCUT2D eigenvalue weighted by molar-refractivity contribution is 5.55. The number of hydrogen-bond acceptors (Lipinski definition) is 2. The van der Waals surface area contributed by atoms with Gasteiger partial charge in [0.15, 0.2) is 0 Å². The van der Waals surface area contributed by atoms with Crippen molar-refractivity contribution < 1.29 is 30.8 Å². The van der Waals surface area contributed by atoms with Gasteiger partial charge >= 0.3 is 12.4 Å². The zero-order valence-electron chi connectivity index (χ0n) is 10.6. The molecule has 0 amide bonds. The van der Waals surface area contributed by atoms with Crippen molar-refractivity contribution in [2.75, 3.05) is 0 Å². The molecule has 0 saturated carbocycles. The Morgan fingerprint density at radius 3 is 2.19 bits per heavy atom. The molecule has 0 aliphatic carbocycles. The number of oxazole rings is 1. The van der Waals surface area contributed by atoms with E-state index in [2.05, 4.69) is 9.40 Å². The molecule has 2 nitrogen and oxygen atoms in total. The van der Waals surface area contributed by atoms with Gasteiger partial charge in [-0.1, -0.05) is 13.0 Å². The van der Waals surface area contributed by atoms with Gasteiger partial charge in [-0.15, -0.1) is 0 Å². The number of nitrogens with zero attached hydrogens (tertiary/aromatic N) is 1. The molecule has 0 bridgehead atoms. The Morgan fingerprint density at radius 1 is 1.05 bits per heavy atom. The molecule has 0 spiro atoms. The maximum atomic E-state index is 12.7. The number of hydrogen-bond donors (Lipinski definition) is 0. The van der Waals surface area contributed by atoms with E-state index in [0.717, 1.165) is 12.1 Å². The minimum Gasteiger partial charge on any atom is -0.431 e. The first-order valence-electron chi connectivity index (χ1n) is 5.87. The third kappa shape index (κ3) is 3.20. The Balaban J connectivity index is 2.51. The quantitative estimate of drug-likeness (QED) is 0.734. The van der Waals surface area contributed by atoms with Gasteiger partial charge in [-0.05, 0) is 24.6 Å². The summed E-state index contributed by atoms with van der Waals surface area (Å²) in [6.45, 7) is 1.45. The van der Waals surface area contributed by atoms with Crippen LogP contribution < -0.4 is 0 Å². The van der Waals surface area contributed by atoms with Gasteiger partial charge < -0.3 is 4.42 Å². The smallest absolute Gasteiger partial charge is 0.431 e.